The van der Waals surface area contributed by atoms with Crippen LogP contribution >= 0.6 is 0 Å². The number of nitrogens with zero attached hydrogens (tertiary/aromatic N) is 2. The van der Waals surface area contributed by atoms with E-state index in [0.717, 1.165) is 48.4 Å². The summed E-state index contributed by atoms with van der Waals surface area (Å²) in [5.41, 5.74) is 2.89. The third kappa shape index (κ3) is 5.85. The second-order valence-electron chi connectivity index (χ2n) is 6.68. The summed E-state index contributed by atoms with van der Waals surface area (Å²) in [4.78, 5) is 8.93. The van der Waals surface area contributed by atoms with Crippen molar-refractivity contribution in [2.75, 3.05) is 25.6 Å². The normalized spacial score (nSPS) is 10.6. The van der Waals surface area contributed by atoms with Crippen LogP contribution in [0, 0.1) is 0 Å². The highest BCUT2D eigenvalue weighted by molar-refractivity contribution is 5.62. The van der Waals surface area contributed by atoms with Gasteiger partial charge >= 0.3 is 0 Å². The summed E-state index contributed by atoms with van der Waals surface area (Å²) in [6, 6.07) is 15.2. The fourth-order valence-corrected chi connectivity index (χ4v) is 2.88. The average molecular weight is 393 g/mol. The Morgan fingerprint density at radius 1 is 1.10 bits per heavy atom. The van der Waals surface area contributed by atoms with Crippen molar-refractivity contribution in [2.24, 2.45) is 0 Å². The lowest BCUT2D eigenvalue weighted by Gasteiger charge is -2.10. The molecular formula is C23H27N3O3. The van der Waals surface area contributed by atoms with E-state index >= 15 is 0 Å². The van der Waals surface area contributed by atoms with E-state index in [1.807, 2.05) is 42.5 Å². The summed E-state index contributed by atoms with van der Waals surface area (Å²) < 4.78 is 10.9. The van der Waals surface area contributed by atoms with Gasteiger partial charge in [0, 0.05) is 18.3 Å². The molecule has 152 valence electrons. The van der Waals surface area contributed by atoms with E-state index in [4.69, 9.17) is 9.47 Å². The van der Waals surface area contributed by atoms with Crippen LogP contribution in [-0.2, 0) is 6.42 Å². The third-order valence-corrected chi connectivity index (χ3v) is 4.49. The van der Waals surface area contributed by atoms with Gasteiger partial charge in [0.2, 0.25) is 5.95 Å². The highest BCUT2D eigenvalue weighted by Gasteiger charge is 2.06. The van der Waals surface area contributed by atoms with Crippen LogP contribution in [0.3, 0.4) is 0 Å². The number of nitrogens with one attached hydrogen (secondary N) is 1. The Morgan fingerprint density at radius 3 is 2.83 bits per heavy atom. The predicted molar refractivity (Wildman–Crippen MR) is 115 cm³/mol. The van der Waals surface area contributed by atoms with Crippen molar-refractivity contribution in [1.82, 2.24) is 9.97 Å². The highest BCUT2D eigenvalue weighted by Crippen LogP contribution is 2.26. The number of aromatic nitrogens is 2. The van der Waals surface area contributed by atoms with E-state index in [2.05, 4.69) is 22.2 Å². The van der Waals surface area contributed by atoms with E-state index in [1.54, 1.807) is 19.4 Å². The second kappa shape index (κ2) is 10.3. The quantitative estimate of drug-likeness (QED) is 0.487. The molecule has 0 radical (unpaired) electrons. The standard InChI is InChI=1S/C23H27N3O3/c1-3-4-14-29-19-7-5-6-18(16-19)20-11-13-25-23(26-20)24-12-10-17-8-9-21(27)22(15-17)28-2/h5-9,11,13,15-16,27H,3-4,10,12,14H2,1-2H3,(H,24,25,26). The molecule has 0 saturated heterocycles. The molecule has 6 nitrogen and oxygen atoms in total. The van der Waals surface area contributed by atoms with Crippen molar-refractivity contribution in [3.63, 3.8) is 0 Å². The summed E-state index contributed by atoms with van der Waals surface area (Å²) in [6.07, 6.45) is 4.65. The van der Waals surface area contributed by atoms with E-state index in [9.17, 15) is 5.11 Å². The fraction of sp³-hybridized carbons (Fsp3) is 0.304. The number of anilines is 1. The van der Waals surface area contributed by atoms with Gasteiger partial charge in [-0.1, -0.05) is 31.5 Å². The van der Waals surface area contributed by atoms with Crippen molar-refractivity contribution in [1.29, 1.82) is 0 Å². The second-order valence-corrected chi connectivity index (χ2v) is 6.68. The van der Waals surface area contributed by atoms with Gasteiger partial charge in [-0.3, -0.25) is 0 Å². The number of unbranched alkanes of at least 4 members (excludes halogenated alkanes) is 1. The number of aromatic hydroxyl groups is 1. The minimum Gasteiger partial charge on any atom is -0.504 e. The zero-order valence-corrected chi connectivity index (χ0v) is 16.9. The van der Waals surface area contributed by atoms with Crippen LogP contribution in [0.5, 0.6) is 17.2 Å². The van der Waals surface area contributed by atoms with E-state index in [-0.39, 0.29) is 5.75 Å². The van der Waals surface area contributed by atoms with Crippen LogP contribution in [0.1, 0.15) is 25.3 Å². The molecule has 0 fully saturated rings. The average Bonchev–Trinajstić information content (AvgIpc) is 2.75. The lowest BCUT2D eigenvalue weighted by molar-refractivity contribution is 0.309. The maximum absolute atomic E-state index is 9.69. The molecule has 0 aliphatic heterocycles. The first kappa shape index (κ1) is 20.5. The van der Waals surface area contributed by atoms with Crippen LogP contribution in [0.15, 0.2) is 54.7 Å². The minimum absolute atomic E-state index is 0.140. The topological polar surface area (TPSA) is 76.5 Å². The number of ether oxygens (including phenoxy) is 2. The van der Waals surface area contributed by atoms with Crippen molar-refractivity contribution >= 4 is 5.95 Å². The van der Waals surface area contributed by atoms with Gasteiger partial charge in [-0.05, 0) is 48.7 Å². The zero-order chi connectivity index (χ0) is 20.5. The van der Waals surface area contributed by atoms with Crippen LogP contribution < -0.4 is 14.8 Å². The molecule has 0 saturated carbocycles. The molecule has 6 heteroatoms. The fourth-order valence-electron chi connectivity index (χ4n) is 2.88. The summed E-state index contributed by atoms with van der Waals surface area (Å²) in [5.74, 6) is 2.04. The SMILES string of the molecule is CCCCOc1cccc(-c2ccnc(NCCc3ccc(O)c(OC)c3)n2)c1. The van der Waals surface area contributed by atoms with Crippen molar-refractivity contribution in [3.8, 4) is 28.5 Å². The third-order valence-electron chi connectivity index (χ3n) is 4.49. The summed E-state index contributed by atoms with van der Waals surface area (Å²) in [5, 5.41) is 12.9. The molecule has 1 aromatic heterocycles. The van der Waals surface area contributed by atoms with E-state index in [1.165, 1.54) is 0 Å². The van der Waals surface area contributed by atoms with Gasteiger partial charge in [-0.25, -0.2) is 9.97 Å². The van der Waals surface area contributed by atoms with Crippen LogP contribution in [-0.4, -0.2) is 35.3 Å². The summed E-state index contributed by atoms with van der Waals surface area (Å²) in [6.45, 7) is 3.53. The van der Waals surface area contributed by atoms with E-state index < -0.39 is 0 Å². The molecule has 2 N–H and O–H groups in total. The molecule has 29 heavy (non-hydrogen) atoms. The van der Waals surface area contributed by atoms with Gasteiger partial charge in [0.25, 0.3) is 0 Å². The first-order valence-corrected chi connectivity index (χ1v) is 9.85. The smallest absolute Gasteiger partial charge is 0.223 e. The van der Waals surface area contributed by atoms with E-state index in [0.29, 0.717) is 18.2 Å². The number of methoxy groups -OCH3 is 1. The number of benzene rings is 2. The lowest BCUT2D eigenvalue weighted by Crippen LogP contribution is -2.08. The highest BCUT2D eigenvalue weighted by atomic mass is 16.5. The molecule has 0 atom stereocenters. The molecule has 0 spiro atoms. The van der Waals surface area contributed by atoms with Gasteiger partial charge in [0.1, 0.15) is 5.75 Å². The van der Waals surface area contributed by atoms with Crippen molar-refractivity contribution < 1.29 is 14.6 Å². The van der Waals surface area contributed by atoms with Gasteiger partial charge in [0.15, 0.2) is 11.5 Å². The van der Waals surface area contributed by atoms with Crippen molar-refractivity contribution in [3.05, 3.63) is 60.3 Å². The van der Waals surface area contributed by atoms with Crippen LogP contribution in [0.25, 0.3) is 11.3 Å². The van der Waals surface area contributed by atoms with Crippen molar-refractivity contribution in [2.45, 2.75) is 26.2 Å². The lowest BCUT2D eigenvalue weighted by atomic mass is 10.1. The maximum atomic E-state index is 9.69. The molecule has 0 aliphatic rings. The molecule has 0 amide bonds. The van der Waals surface area contributed by atoms with Crippen LogP contribution in [0.4, 0.5) is 5.95 Å². The molecular weight excluding hydrogens is 366 g/mol. The van der Waals surface area contributed by atoms with Gasteiger partial charge < -0.3 is 19.9 Å². The summed E-state index contributed by atoms with van der Waals surface area (Å²) >= 11 is 0. The Morgan fingerprint density at radius 2 is 2.00 bits per heavy atom. The first-order chi connectivity index (χ1) is 14.2. The largest absolute Gasteiger partial charge is 0.504 e. The first-order valence-electron chi connectivity index (χ1n) is 9.85. The number of phenols is 1. The predicted octanol–water partition coefficient (Wildman–Crippen LogP) is 4.69. The molecule has 0 unspecified atom stereocenters. The molecule has 0 bridgehead atoms. The monoisotopic (exact) mass is 393 g/mol. The Bertz CT molecular complexity index is 931. The van der Waals surface area contributed by atoms with Gasteiger partial charge in [0.05, 0.1) is 19.4 Å². The maximum Gasteiger partial charge on any atom is 0.223 e. The Balaban J connectivity index is 1.62. The number of rotatable bonds is 10. The number of hydrogen-bond donors (Lipinski definition) is 2. The number of phenolic OH excluding ortho intramolecular Hbond substituents is 1. The molecule has 0 aliphatic carbocycles. The molecule has 1 heterocycles. The zero-order valence-electron chi connectivity index (χ0n) is 16.9. The van der Waals surface area contributed by atoms with Gasteiger partial charge in [-0.15, -0.1) is 0 Å². The Hall–Kier alpha value is -3.28. The van der Waals surface area contributed by atoms with Gasteiger partial charge in [-0.2, -0.15) is 0 Å². The minimum atomic E-state index is 0.140. The molecule has 2 aromatic carbocycles. The van der Waals surface area contributed by atoms with Crippen LogP contribution in [0.2, 0.25) is 0 Å². The Kier molecular flexibility index (Phi) is 7.28. The molecule has 3 rings (SSSR count). The molecule has 3 aromatic rings. The number of hydrogen-bond acceptors (Lipinski definition) is 6. The summed E-state index contributed by atoms with van der Waals surface area (Å²) in [7, 11) is 1.54. The Labute approximate surface area is 171 Å².